The third kappa shape index (κ3) is 2.29. The van der Waals surface area contributed by atoms with Crippen LogP contribution in [0.4, 0.5) is 5.69 Å². The number of hydrogen-bond donors (Lipinski definition) is 0. The number of amides is 2. The third-order valence-corrected chi connectivity index (χ3v) is 3.80. The van der Waals surface area contributed by atoms with Crippen molar-refractivity contribution in [1.29, 1.82) is 0 Å². The van der Waals surface area contributed by atoms with Gasteiger partial charge in [-0.3, -0.25) is 19.7 Å². The van der Waals surface area contributed by atoms with Crippen LogP contribution in [0.25, 0.3) is 0 Å². The molecule has 0 saturated heterocycles. The first-order chi connectivity index (χ1) is 12.1. The molecule has 0 aromatic heterocycles. The van der Waals surface area contributed by atoms with Crippen molar-refractivity contribution in [2.24, 2.45) is 5.10 Å². The molecule has 2 aliphatic heterocycles. The van der Waals surface area contributed by atoms with Gasteiger partial charge in [0.2, 0.25) is 6.79 Å². The standard InChI is InChI=1S/C16H9N3O6/c20-15-10-3-1-2-4-11(10)16(21)18(15)17-7-9-5-13-14(25-8-24-13)6-12(9)19(22)23/h1-7H,8H2. The molecule has 0 saturated carbocycles. The molecular weight excluding hydrogens is 330 g/mol. The fourth-order valence-electron chi connectivity index (χ4n) is 2.61. The van der Waals surface area contributed by atoms with Crippen LogP contribution in [0.2, 0.25) is 0 Å². The molecule has 0 atom stereocenters. The van der Waals surface area contributed by atoms with Crippen molar-refractivity contribution in [1.82, 2.24) is 5.01 Å². The van der Waals surface area contributed by atoms with Gasteiger partial charge in [0.25, 0.3) is 17.5 Å². The van der Waals surface area contributed by atoms with Crippen LogP contribution in [0, 0.1) is 10.1 Å². The van der Waals surface area contributed by atoms with Crippen molar-refractivity contribution < 1.29 is 24.0 Å². The highest BCUT2D eigenvalue weighted by atomic mass is 16.7. The van der Waals surface area contributed by atoms with E-state index >= 15 is 0 Å². The van der Waals surface area contributed by atoms with Crippen LogP contribution < -0.4 is 9.47 Å². The lowest BCUT2D eigenvalue weighted by Gasteiger charge is -2.06. The molecule has 2 aromatic rings. The molecule has 9 nitrogen and oxygen atoms in total. The average molecular weight is 339 g/mol. The first-order valence-corrected chi connectivity index (χ1v) is 7.16. The summed E-state index contributed by atoms with van der Waals surface area (Å²) in [5, 5.41) is 15.8. The molecule has 4 rings (SSSR count). The third-order valence-electron chi connectivity index (χ3n) is 3.80. The Labute approximate surface area is 140 Å². The SMILES string of the molecule is O=C1c2ccccc2C(=O)N1N=Cc1cc2c(cc1[N+](=O)[O-])OCO2. The zero-order chi connectivity index (χ0) is 17.6. The predicted molar refractivity (Wildman–Crippen MR) is 83.8 cm³/mol. The van der Waals surface area contributed by atoms with Gasteiger partial charge in [-0.15, -0.1) is 0 Å². The van der Waals surface area contributed by atoms with E-state index in [1.165, 1.54) is 24.3 Å². The van der Waals surface area contributed by atoms with Crippen LogP contribution in [0.3, 0.4) is 0 Å². The van der Waals surface area contributed by atoms with E-state index < -0.39 is 16.7 Å². The Hall–Kier alpha value is -3.75. The van der Waals surface area contributed by atoms with Crippen LogP contribution in [-0.2, 0) is 0 Å². The molecule has 0 spiro atoms. The Balaban J connectivity index is 1.71. The lowest BCUT2D eigenvalue weighted by Crippen LogP contribution is -2.24. The summed E-state index contributed by atoms with van der Waals surface area (Å²) < 4.78 is 10.3. The molecular formula is C16H9N3O6. The number of fused-ring (bicyclic) bond motifs is 2. The molecule has 25 heavy (non-hydrogen) atoms. The second-order valence-electron chi connectivity index (χ2n) is 5.23. The lowest BCUT2D eigenvalue weighted by atomic mass is 10.1. The number of rotatable bonds is 3. The molecule has 0 bridgehead atoms. The summed E-state index contributed by atoms with van der Waals surface area (Å²) in [6, 6.07) is 8.91. The van der Waals surface area contributed by atoms with E-state index in [1.54, 1.807) is 12.1 Å². The summed E-state index contributed by atoms with van der Waals surface area (Å²) >= 11 is 0. The first-order valence-electron chi connectivity index (χ1n) is 7.16. The van der Waals surface area contributed by atoms with Crippen LogP contribution in [0.1, 0.15) is 26.3 Å². The summed E-state index contributed by atoms with van der Waals surface area (Å²) in [6.45, 7) is -0.0362. The molecule has 0 N–H and O–H groups in total. The normalized spacial score (nSPS) is 15.1. The Morgan fingerprint density at radius 3 is 2.28 bits per heavy atom. The number of nitrogens with zero attached hydrogens (tertiary/aromatic N) is 3. The number of benzene rings is 2. The van der Waals surface area contributed by atoms with Crippen LogP contribution in [0.5, 0.6) is 11.5 Å². The molecule has 0 unspecified atom stereocenters. The molecule has 2 heterocycles. The highest BCUT2D eigenvalue weighted by Crippen LogP contribution is 2.37. The minimum absolute atomic E-state index is 0.0362. The monoisotopic (exact) mass is 339 g/mol. The van der Waals surface area contributed by atoms with E-state index in [0.717, 1.165) is 6.21 Å². The van der Waals surface area contributed by atoms with Gasteiger partial charge in [-0.1, -0.05) is 12.1 Å². The molecule has 2 aliphatic rings. The van der Waals surface area contributed by atoms with E-state index in [-0.39, 0.29) is 34.9 Å². The minimum atomic E-state index is -0.605. The topological polar surface area (TPSA) is 111 Å². The Morgan fingerprint density at radius 2 is 1.68 bits per heavy atom. The molecule has 2 aromatic carbocycles. The van der Waals surface area contributed by atoms with Crippen molar-refractivity contribution in [3.8, 4) is 11.5 Å². The number of imide groups is 1. The molecule has 124 valence electrons. The van der Waals surface area contributed by atoms with Gasteiger partial charge in [0.05, 0.1) is 33.9 Å². The number of hydrogen-bond acceptors (Lipinski definition) is 7. The Bertz CT molecular complexity index is 933. The maximum Gasteiger partial charge on any atom is 0.282 e. The molecule has 9 heteroatoms. The second-order valence-corrected chi connectivity index (χ2v) is 5.23. The molecule has 0 fully saturated rings. The van der Waals surface area contributed by atoms with Crippen LogP contribution in [-0.4, -0.2) is 34.8 Å². The largest absolute Gasteiger partial charge is 0.454 e. The minimum Gasteiger partial charge on any atom is -0.454 e. The summed E-state index contributed by atoms with van der Waals surface area (Å²) in [5.74, 6) is -0.584. The van der Waals surface area contributed by atoms with Crippen molar-refractivity contribution in [2.45, 2.75) is 0 Å². The van der Waals surface area contributed by atoms with Crippen molar-refractivity contribution >= 4 is 23.7 Å². The van der Waals surface area contributed by atoms with Gasteiger partial charge < -0.3 is 9.47 Å². The first kappa shape index (κ1) is 14.8. The number of hydrazone groups is 1. The quantitative estimate of drug-likeness (QED) is 0.366. The van der Waals surface area contributed by atoms with Gasteiger partial charge in [-0.2, -0.15) is 10.1 Å². The van der Waals surface area contributed by atoms with Gasteiger partial charge in [-0.25, -0.2) is 0 Å². The predicted octanol–water partition coefficient (Wildman–Crippen LogP) is 1.95. The Kier molecular flexibility index (Phi) is 3.21. The van der Waals surface area contributed by atoms with E-state index in [1.807, 2.05) is 0 Å². The second kappa shape index (κ2) is 5.41. The number of carbonyl (C=O) groups is 2. The number of nitro benzene ring substituents is 1. The summed E-state index contributed by atoms with van der Waals surface area (Å²) in [7, 11) is 0. The maximum atomic E-state index is 12.2. The molecule has 0 aliphatic carbocycles. The van der Waals surface area contributed by atoms with Gasteiger partial charge in [-0.05, 0) is 18.2 Å². The summed E-state index contributed by atoms with van der Waals surface area (Å²) in [6.07, 6.45) is 1.09. The van der Waals surface area contributed by atoms with Crippen LogP contribution in [0.15, 0.2) is 41.5 Å². The molecule has 0 radical (unpaired) electrons. The Morgan fingerprint density at radius 1 is 1.08 bits per heavy atom. The van der Waals surface area contributed by atoms with E-state index in [2.05, 4.69) is 5.10 Å². The van der Waals surface area contributed by atoms with Crippen molar-refractivity contribution in [3.05, 3.63) is 63.2 Å². The summed E-state index contributed by atoms with van der Waals surface area (Å²) in [4.78, 5) is 35.1. The fraction of sp³-hybridized carbons (Fsp3) is 0.0625. The fourth-order valence-corrected chi connectivity index (χ4v) is 2.61. The van der Waals surface area contributed by atoms with Gasteiger partial charge in [0.15, 0.2) is 11.5 Å². The lowest BCUT2D eigenvalue weighted by molar-refractivity contribution is -0.385. The smallest absolute Gasteiger partial charge is 0.282 e. The van der Waals surface area contributed by atoms with E-state index in [0.29, 0.717) is 10.8 Å². The zero-order valence-corrected chi connectivity index (χ0v) is 12.5. The van der Waals surface area contributed by atoms with Gasteiger partial charge in [0, 0.05) is 0 Å². The van der Waals surface area contributed by atoms with Gasteiger partial charge in [0.1, 0.15) is 0 Å². The van der Waals surface area contributed by atoms with Gasteiger partial charge >= 0.3 is 0 Å². The highest BCUT2D eigenvalue weighted by molar-refractivity contribution is 6.21. The average Bonchev–Trinajstić information content (AvgIpc) is 3.16. The zero-order valence-electron chi connectivity index (χ0n) is 12.5. The number of nitro groups is 1. The van der Waals surface area contributed by atoms with E-state index in [9.17, 15) is 19.7 Å². The highest BCUT2D eigenvalue weighted by Gasteiger charge is 2.35. The van der Waals surface area contributed by atoms with Crippen molar-refractivity contribution in [2.75, 3.05) is 6.79 Å². The molecule has 2 amide bonds. The number of carbonyl (C=O) groups excluding carboxylic acids is 2. The van der Waals surface area contributed by atoms with Crippen LogP contribution >= 0.6 is 0 Å². The number of ether oxygens (including phenoxy) is 2. The summed E-state index contributed by atoms with van der Waals surface area (Å²) in [5.41, 5.74) is 0.296. The van der Waals surface area contributed by atoms with E-state index in [4.69, 9.17) is 9.47 Å². The maximum absolute atomic E-state index is 12.2. The van der Waals surface area contributed by atoms with Crippen molar-refractivity contribution in [3.63, 3.8) is 0 Å².